The van der Waals surface area contributed by atoms with Crippen molar-refractivity contribution in [1.29, 1.82) is 0 Å². The Hall–Kier alpha value is -1.41. The molecule has 2 N–H and O–H groups in total. The van der Waals surface area contributed by atoms with Gasteiger partial charge in [-0.1, -0.05) is 26.0 Å². The molecule has 0 spiro atoms. The van der Waals surface area contributed by atoms with Crippen molar-refractivity contribution in [3.8, 4) is 0 Å². The van der Waals surface area contributed by atoms with Crippen LogP contribution in [0.15, 0.2) is 30.6 Å². The standard InChI is InChI=1S/C13H16N2/c1-9(2)13-8-15-7-11-5-10(6-14)3-4-12(11)13/h3-5,7-9H,6,14H2,1-2H3. The summed E-state index contributed by atoms with van der Waals surface area (Å²) in [5.74, 6) is 0.505. The zero-order valence-electron chi connectivity index (χ0n) is 9.20. The molecule has 1 aromatic carbocycles. The second kappa shape index (κ2) is 3.99. The van der Waals surface area contributed by atoms with Crippen molar-refractivity contribution in [1.82, 2.24) is 4.98 Å². The largest absolute Gasteiger partial charge is 0.326 e. The molecule has 2 heteroatoms. The number of rotatable bonds is 2. The lowest BCUT2D eigenvalue weighted by Crippen LogP contribution is -1.97. The summed E-state index contributed by atoms with van der Waals surface area (Å²) in [7, 11) is 0. The molecular formula is C13H16N2. The minimum atomic E-state index is 0.505. The molecule has 15 heavy (non-hydrogen) atoms. The lowest BCUT2D eigenvalue weighted by atomic mass is 9.98. The Bertz CT molecular complexity index is 475. The van der Waals surface area contributed by atoms with Gasteiger partial charge in [-0.25, -0.2) is 0 Å². The van der Waals surface area contributed by atoms with Crippen LogP contribution in [-0.4, -0.2) is 4.98 Å². The first kappa shape index (κ1) is 10.1. The highest BCUT2D eigenvalue weighted by Gasteiger charge is 2.05. The molecule has 0 fully saturated rings. The summed E-state index contributed by atoms with van der Waals surface area (Å²) in [5.41, 5.74) is 8.08. The van der Waals surface area contributed by atoms with Crippen molar-refractivity contribution in [2.24, 2.45) is 5.73 Å². The van der Waals surface area contributed by atoms with E-state index in [-0.39, 0.29) is 0 Å². The van der Waals surface area contributed by atoms with Gasteiger partial charge in [0.05, 0.1) is 0 Å². The van der Waals surface area contributed by atoms with E-state index in [4.69, 9.17) is 5.73 Å². The predicted octanol–water partition coefficient (Wildman–Crippen LogP) is 2.82. The molecule has 78 valence electrons. The molecule has 2 aromatic rings. The molecule has 2 rings (SSSR count). The van der Waals surface area contributed by atoms with E-state index in [0.29, 0.717) is 12.5 Å². The Morgan fingerprint density at radius 1 is 1.27 bits per heavy atom. The SMILES string of the molecule is CC(C)c1cncc2cc(CN)ccc12. The van der Waals surface area contributed by atoms with Crippen molar-refractivity contribution in [2.75, 3.05) is 0 Å². The van der Waals surface area contributed by atoms with Crippen LogP contribution in [0.1, 0.15) is 30.9 Å². The Labute approximate surface area is 90.1 Å². The summed E-state index contributed by atoms with van der Waals surface area (Å²) in [5, 5.41) is 2.47. The first-order valence-electron chi connectivity index (χ1n) is 5.29. The molecule has 0 aliphatic rings. The van der Waals surface area contributed by atoms with Gasteiger partial charge in [0.2, 0.25) is 0 Å². The van der Waals surface area contributed by atoms with Crippen molar-refractivity contribution in [2.45, 2.75) is 26.3 Å². The van der Waals surface area contributed by atoms with Gasteiger partial charge in [0, 0.05) is 24.3 Å². The van der Waals surface area contributed by atoms with Crippen LogP contribution >= 0.6 is 0 Å². The van der Waals surface area contributed by atoms with Crippen molar-refractivity contribution < 1.29 is 0 Å². The molecule has 0 saturated heterocycles. The van der Waals surface area contributed by atoms with Gasteiger partial charge in [0.1, 0.15) is 0 Å². The second-order valence-corrected chi connectivity index (χ2v) is 4.14. The number of pyridine rings is 1. The molecule has 0 saturated carbocycles. The van der Waals surface area contributed by atoms with Gasteiger partial charge in [0.25, 0.3) is 0 Å². The third-order valence-corrected chi connectivity index (χ3v) is 2.71. The topological polar surface area (TPSA) is 38.9 Å². The molecular weight excluding hydrogens is 184 g/mol. The third kappa shape index (κ3) is 1.85. The Morgan fingerprint density at radius 3 is 2.73 bits per heavy atom. The molecule has 0 amide bonds. The molecule has 2 nitrogen and oxygen atoms in total. The second-order valence-electron chi connectivity index (χ2n) is 4.14. The molecule has 0 aliphatic heterocycles. The molecule has 0 atom stereocenters. The number of benzene rings is 1. The van der Waals surface area contributed by atoms with Gasteiger partial charge < -0.3 is 5.73 Å². The fourth-order valence-electron chi connectivity index (χ4n) is 1.84. The van der Waals surface area contributed by atoms with Crippen LogP contribution in [0.4, 0.5) is 0 Å². The molecule has 0 bridgehead atoms. The van der Waals surface area contributed by atoms with Gasteiger partial charge in [-0.05, 0) is 28.5 Å². The van der Waals surface area contributed by atoms with E-state index in [9.17, 15) is 0 Å². The lowest BCUT2D eigenvalue weighted by molar-refractivity contribution is 0.869. The summed E-state index contributed by atoms with van der Waals surface area (Å²) in [4.78, 5) is 4.27. The Balaban J connectivity index is 2.67. The number of hydrogen-bond donors (Lipinski definition) is 1. The normalized spacial score (nSPS) is 11.2. The van der Waals surface area contributed by atoms with Gasteiger partial charge in [-0.2, -0.15) is 0 Å². The van der Waals surface area contributed by atoms with Crippen LogP contribution in [0.25, 0.3) is 10.8 Å². The fraction of sp³-hybridized carbons (Fsp3) is 0.308. The minimum Gasteiger partial charge on any atom is -0.326 e. The highest BCUT2D eigenvalue weighted by Crippen LogP contribution is 2.24. The van der Waals surface area contributed by atoms with Crippen LogP contribution in [-0.2, 0) is 6.54 Å². The average molecular weight is 200 g/mol. The molecule has 0 aliphatic carbocycles. The molecule has 0 unspecified atom stereocenters. The van der Waals surface area contributed by atoms with E-state index >= 15 is 0 Å². The predicted molar refractivity (Wildman–Crippen MR) is 63.7 cm³/mol. The zero-order valence-corrected chi connectivity index (χ0v) is 9.20. The molecule has 0 radical (unpaired) electrons. The summed E-state index contributed by atoms with van der Waals surface area (Å²) < 4.78 is 0. The molecule has 1 aromatic heterocycles. The minimum absolute atomic E-state index is 0.505. The van der Waals surface area contributed by atoms with Gasteiger partial charge in [-0.15, -0.1) is 0 Å². The maximum absolute atomic E-state index is 5.62. The maximum atomic E-state index is 5.62. The third-order valence-electron chi connectivity index (χ3n) is 2.71. The summed E-state index contributed by atoms with van der Waals surface area (Å²) in [6, 6.07) is 6.36. The number of fused-ring (bicyclic) bond motifs is 1. The first-order valence-corrected chi connectivity index (χ1v) is 5.29. The smallest absolute Gasteiger partial charge is 0.0346 e. The van der Waals surface area contributed by atoms with Crippen LogP contribution in [0.5, 0.6) is 0 Å². The van der Waals surface area contributed by atoms with E-state index in [0.717, 1.165) is 5.56 Å². The first-order chi connectivity index (χ1) is 7.22. The fourth-order valence-corrected chi connectivity index (χ4v) is 1.84. The highest BCUT2D eigenvalue weighted by atomic mass is 14.6. The van der Waals surface area contributed by atoms with E-state index in [1.54, 1.807) is 0 Å². The summed E-state index contributed by atoms with van der Waals surface area (Å²) >= 11 is 0. The van der Waals surface area contributed by atoms with Gasteiger partial charge in [0.15, 0.2) is 0 Å². The average Bonchev–Trinajstić information content (AvgIpc) is 2.27. The Kier molecular flexibility index (Phi) is 2.69. The monoisotopic (exact) mass is 200 g/mol. The van der Waals surface area contributed by atoms with Crippen molar-refractivity contribution in [3.63, 3.8) is 0 Å². The highest BCUT2D eigenvalue weighted by molar-refractivity contribution is 5.85. The van der Waals surface area contributed by atoms with Crippen LogP contribution in [0.3, 0.4) is 0 Å². The van der Waals surface area contributed by atoms with Crippen molar-refractivity contribution >= 4 is 10.8 Å². The van der Waals surface area contributed by atoms with Crippen molar-refractivity contribution in [3.05, 3.63) is 41.7 Å². The van der Waals surface area contributed by atoms with E-state index in [1.165, 1.54) is 16.3 Å². The summed E-state index contributed by atoms with van der Waals surface area (Å²) in [6.45, 7) is 4.96. The lowest BCUT2D eigenvalue weighted by Gasteiger charge is -2.09. The van der Waals surface area contributed by atoms with Gasteiger partial charge >= 0.3 is 0 Å². The number of aromatic nitrogens is 1. The van der Waals surface area contributed by atoms with Crippen LogP contribution < -0.4 is 5.73 Å². The van der Waals surface area contributed by atoms with E-state index in [2.05, 4.69) is 37.0 Å². The quantitative estimate of drug-likeness (QED) is 0.809. The van der Waals surface area contributed by atoms with Crippen LogP contribution in [0.2, 0.25) is 0 Å². The van der Waals surface area contributed by atoms with E-state index < -0.39 is 0 Å². The maximum Gasteiger partial charge on any atom is 0.0346 e. The molecule has 1 heterocycles. The van der Waals surface area contributed by atoms with E-state index in [1.807, 2.05) is 12.4 Å². The summed E-state index contributed by atoms with van der Waals surface area (Å²) in [6.07, 6.45) is 3.86. The zero-order chi connectivity index (χ0) is 10.8. The number of hydrogen-bond acceptors (Lipinski definition) is 2. The van der Waals surface area contributed by atoms with Crippen LogP contribution in [0, 0.1) is 0 Å². The number of nitrogens with two attached hydrogens (primary N) is 1. The van der Waals surface area contributed by atoms with Gasteiger partial charge in [-0.3, -0.25) is 4.98 Å². The Morgan fingerprint density at radius 2 is 2.07 bits per heavy atom. The number of nitrogens with zero attached hydrogens (tertiary/aromatic N) is 1.